The molecular formula is C14H18N4S. The van der Waals surface area contributed by atoms with Crippen molar-refractivity contribution in [3.63, 3.8) is 0 Å². The van der Waals surface area contributed by atoms with Gasteiger partial charge in [0.25, 0.3) is 0 Å². The molecule has 0 aromatic carbocycles. The summed E-state index contributed by atoms with van der Waals surface area (Å²) in [6.45, 7) is 1.74. The molecule has 3 rings (SSSR count). The van der Waals surface area contributed by atoms with Crippen molar-refractivity contribution < 1.29 is 0 Å². The summed E-state index contributed by atoms with van der Waals surface area (Å²) in [5.41, 5.74) is 1.12. The fourth-order valence-electron chi connectivity index (χ4n) is 2.11. The molecule has 19 heavy (non-hydrogen) atoms. The fourth-order valence-corrected chi connectivity index (χ4v) is 2.81. The van der Waals surface area contributed by atoms with Gasteiger partial charge in [-0.2, -0.15) is 0 Å². The lowest BCUT2D eigenvalue weighted by Gasteiger charge is -2.21. The molecule has 1 saturated carbocycles. The van der Waals surface area contributed by atoms with Gasteiger partial charge in [-0.1, -0.05) is 6.07 Å². The first-order valence-corrected chi connectivity index (χ1v) is 7.49. The Labute approximate surface area is 117 Å². The van der Waals surface area contributed by atoms with Crippen molar-refractivity contribution in [2.45, 2.75) is 32.0 Å². The Balaban J connectivity index is 1.76. The second-order valence-electron chi connectivity index (χ2n) is 4.86. The zero-order chi connectivity index (χ0) is 13.1. The van der Waals surface area contributed by atoms with E-state index in [9.17, 15) is 0 Å². The minimum Gasteiger partial charge on any atom is -0.333 e. The van der Waals surface area contributed by atoms with Gasteiger partial charge >= 0.3 is 0 Å². The molecule has 2 aromatic heterocycles. The molecule has 100 valence electrons. The molecule has 0 amide bonds. The number of rotatable bonds is 6. The average Bonchev–Trinajstić information content (AvgIpc) is 3.15. The third kappa shape index (κ3) is 3.11. The summed E-state index contributed by atoms with van der Waals surface area (Å²) in [4.78, 5) is 12.7. The highest BCUT2D eigenvalue weighted by atomic mass is 32.1. The van der Waals surface area contributed by atoms with Gasteiger partial charge in [0.2, 0.25) is 5.95 Å². The van der Waals surface area contributed by atoms with Crippen LogP contribution in [0, 0.1) is 0 Å². The van der Waals surface area contributed by atoms with Crippen LogP contribution in [0.4, 0.5) is 5.95 Å². The van der Waals surface area contributed by atoms with Gasteiger partial charge in [-0.15, -0.1) is 11.3 Å². The number of anilines is 1. The van der Waals surface area contributed by atoms with Crippen LogP contribution in [0.3, 0.4) is 0 Å². The van der Waals surface area contributed by atoms with E-state index in [0.29, 0.717) is 6.04 Å². The summed E-state index contributed by atoms with van der Waals surface area (Å²) in [5, 5.41) is 5.23. The van der Waals surface area contributed by atoms with E-state index in [0.717, 1.165) is 24.6 Å². The largest absolute Gasteiger partial charge is 0.333 e. The summed E-state index contributed by atoms with van der Waals surface area (Å²) in [6, 6.07) is 4.90. The SMILES string of the molecule is CNCc1cnc(N(Cc2cccs2)C2CC2)nc1. The van der Waals surface area contributed by atoms with Crippen LogP contribution in [0.2, 0.25) is 0 Å². The molecule has 0 spiro atoms. The third-order valence-corrected chi connectivity index (χ3v) is 4.08. The normalized spacial score (nSPS) is 14.6. The fraction of sp³-hybridized carbons (Fsp3) is 0.429. The van der Waals surface area contributed by atoms with Crippen molar-refractivity contribution in [3.05, 3.63) is 40.3 Å². The maximum Gasteiger partial charge on any atom is 0.225 e. The molecule has 0 bridgehead atoms. The van der Waals surface area contributed by atoms with Gasteiger partial charge in [-0.25, -0.2) is 9.97 Å². The van der Waals surface area contributed by atoms with E-state index >= 15 is 0 Å². The first kappa shape index (κ1) is 12.6. The zero-order valence-electron chi connectivity index (χ0n) is 11.0. The molecular weight excluding hydrogens is 256 g/mol. The van der Waals surface area contributed by atoms with Crippen molar-refractivity contribution in [1.82, 2.24) is 15.3 Å². The highest BCUT2D eigenvalue weighted by Crippen LogP contribution is 2.31. The van der Waals surface area contributed by atoms with Gasteiger partial charge in [-0.3, -0.25) is 0 Å². The maximum atomic E-state index is 4.52. The van der Waals surface area contributed by atoms with Gasteiger partial charge in [0.15, 0.2) is 0 Å². The lowest BCUT2D eigenvalue weighted by Crippen LogP contribution is -2.26. The molecule has 0 unspecified atom stereocenters. The molecule has 4 nitrogen and oxygen atoms in total. The molecule has 2 aromatic rings. The van der Waals surface area contributed by atoms with Crippen molar-refractivity contribution in [2.75, 3.05) is 11.9 Å². The van der Waals surface area contributed by atoms with Gasteiger partial charge in [0.05, 0.1) is 6.54 Å². The summed E-state index contributed by atoms with van der Waals surface area (Å²) in [6.07, 6.45) is 6.35. The highest BCUT2D eigenvalue weighted by Gasteiger charge is 2.31. The number of thiophene rings is 1. The van der Waals surface area contributed by atoms with Gasteiger partial charge in [0.1, 0.15) is 0 Å². The number of hydrogen-bond acceptors (Lipinski definition) is 5. The summed E-state index contributed by atoms with van der Waals surface area (Å²) < 4.78 is 0. The van der Waals surface area contributed by atoms with Gasteiger partial charge < -0.3 is 10.2 Å². The molecule has 0 aliphatic heterocycles. The van der Waals surface area contributed by atoms with Gasteiger partial charge in [-0.05, 0) is 31.3 Å². The Morgan fingerprint density at radius 3 is 2.74 bits per heavy atom. The van der Waals surface area contributed by atoms with Crippen molar-refractivity contribution in [2.24, 2.45) is 0 Å². The van der Waals surface area contributed by atoms with E-state index in [1.54, 1.807) is 11.3 Å². The molecule has 1 fully saturated rings. The van der Waals surface area contributed by atoms with E-state index < -0.39 is 0 Å². The van der Waals surface area contributed by atoms with Crippen molar-refractivity contribution in [1.29, 1.82) is 0 Å². The highest BCUT2D eigenvalue weighted by molar-refractivity contribution is 7.09. The number of nitrogens with zero attached hydrogens (tertiary/aromatic N) is 3. The maximum absolute atomic E-state index is 4.52. The quantitative estimate of drug-likeness (QED) is 0.878. The predicted molar refractivity (Wildman–Crippen MR) is 78.3 cm³/mol. The monoisotopic (exact) mass is 274 g/mol. The van der Waals surface area contributed by atoms with E-state index in [1.807, 2.05) is 19.4 Å². The molecule has 5 heteroatoms. The first-order chi connectivity index (χ1) is 9.36. The molecule has 0 atom stereocenters. The summed E-state index contributed by atoms with van der Waals surface area (Å²) in [7, 11) is 1.93. The van der Waals surface area contributed by atoms with Gasteiger partial charge in [0, 0.05) is 35.4 Å². The van der Waals surface area contributed by atoms with E-state index in [4.69, 9.17) is 0 Å². The van der Waals surface area contributed by atoms with Crippen LogP contribution in [0.5, 0.6) is 0 Å². The third-order valence-electron chi connectivity index (χ3n) is 3.22. The van der Waals surface area contributed by atoms with Crippen LogP contribution in [0.15, 0.2) is 29.9 Å². The van der Waals surface area contributed by atoms with Crippen LogP contribution in [0.25, 0.3) is 0 Å². The molecule has 1 N–H and O–H groups in total. The van der Waals surface area contributed by atoms with E-state index in [-0.39, 0.29) is 0 Å². The Bertz CT molecular complexity index is 505. The molecule has 2 heterocycles. The zero-order valence-corrected chi connectivity index (χ0v) is 11.9. The van der Waals surface area contributed by atoms with Crippen LogP contribution in [0.1, 0.15) is 23.3 Å². The standard InChI is InChI=1S/C14H18N4S/c1-15-7-11-8-16-14(17-9-11)18(12-4-5-12)10-13-3-2-6-19-13/h2-3,6,8-9,12,15H,4-5,7,10H2,1H3. The average molecular weight is 274 g/mol. The van der Waals surface area contributed by atoms with Crippen molar-refractivity contribution >= 4 is 17.3 Å². The van der Waals surface area contributed by atoms with Crippen LogP contribution in [-0.4, -0.2) is 23.1 Å². The lowest BCUT2D eigenvalue weighted by molar-refractivity contribution is 0.754. The van der Waals surface area contributed by atoms with Crippen LogP contribution in [-0.2, 0) is 13.1 Å². The molecule has 0 saturated heterocycles. The Morgan fingerprint density at radius 2 is 2.16 bits per heavy atom. The van der Waals surface area contributed by atoms with E-state index in [2.05, 4.69) is 37.7 Å². The lowest BCUT2D eigenvalue weighted by atomic mass is 10.3. The summed E-state index contributed by atoms with van der Waals surface area (Å²) >= 11 is 1.80. The molecule has 0 radical (unpaired) electrons. The van der Waals surface area contributed by atoms with E-state index in [1.165, 1.54) is 17.7 Å². The second-order valence-corrected chi connectivity index (χ2v) is 5.89. The van der Waals surface area contributed by atoms with Crippen LogP contribution >= 0.6 is 11.3 Å². The Kier molecular flexibility index (Phi) is 3.75. The Morgan fingerprint density at radius 1 is 1.37 bits per heavy atom. The minimum atomic E-state index is 0.622. The number of hydrogen-bond donors (Lipinski definition) is 1. The minimum absolute atomic E-state index is 0.622. The number of nitrogens with one attached hydrogen (secondary N) is 1. The number of aromatic nitrogens is 2. The topological polar surface area (TPSA) is 41.1 Å². The Hall–Kier alpha value is -1.46. The molecule has 1 aliphatic carbocycles. The molecule has 1 aliphatic rings. The second kappa shape index (κ2) is 5.67. The van der Waals surface area contributed by atoms with Crippen LogP contribution < -0.4 is 10.2 Å². The predicted octanol–water partition coefficient (Wildman–Crippen LogP) is 2.43. The summed E-state index contributed by atoms with van der Waals surface area (Å²) in [5.74, 6) is 0.857. The smallest absolute Gasteiger partial charge is 0.225 e. The van der Waals surface area contributed by atoms with Crippen molar-refractivity contribution in [3.8, 4) is 0 Å². The first-order valence-electron chi connectivity index (χ1n) is 6.61.